The maximum Gasteiger partial charge on any atom is 0.410 e. The summed E-state index contributed by atoms with van der Waals surface area (Å²) in [4.78, 5) is 26.8. The number of hydrogen-bond acceptors (Lipinski definition) is 5. The number of ether oxygens (including phenoxy) is 2. The van der Waals surface area contributed by atoms with E-state index in [0.717, 1.165) is 33.7 Å². The maximum atomic E-state index is 12.6. The van der Waals surface area contributed by atoms with Crippen molar-refractivity contribution < 1.29 is 19.1 Å². The summed E-state index contributed by atoms with van der Waals surface area (Å²) < 4.78 is 13.0. The van der Waals surface area contributed by atoms with E-state index in [1.165, 1.54) is 0 Å². The van der Waals surface area contributed by atoms with Crippen LogP contribution in [-0.4, -0.2) is 45.4 Å². The Kier molecular flexibility index (Phi) is 6.29. The second kappa shape index (κ2) is 8.61. The molecule has 0 spiro atoms. The van der Waals surface area contributed by atoms with E-state index in [-0.39, 0.29) is 18.6 Å². The zero-order valence-electron chi connectivity index (χ0n) is 19.5. The number of rotatable bonds is 4. The van der Waals surface area contributed by atoms with Gasteiger partial charge in [0.05, 0.1) is 12.2 Å². The lowest BCUT2D eigenvalue weighted by Crippen LogP contribution is -2.40. The third kappa shape index (κ3) is 5.18. The Morgan fingerprint density at radius 2 is 1.84 bits per heavy atom. The predicted molar refractivity (Wildman–Crippen MR) is 118 cm³/mol. The summed E-state index contributed by atoms with van der Waals surface area (Å²) in [6, 6.07) is 4.02. The van der Waals surface area contributed by atoms with Crippen LogP contribution < -0.4 is 10.1 Å². The van der Waals surface area contributed by atoms with Crippen molar-refractivity contribution in [1.29, 1.82) is 0 Å². The molecule has 1 aliphatic rings. The highest BCUT2D eigenvalue weighted by atomic mass is 16.6. The van der Waals surface area contributed by atoms with Gasteiger partial charge in [-0.2, -0.15) is 5.10 Å². The third-order valence-electron chi connectivity index (χ3n) is 5.33. The van der Waals surface area contributed by atoms with Crippen molar-refractivity contribution in [2.45, 2.75) is 60.1 Å². The van der Waals surface area contributed by atoms with Gasteiger partial charge in [-0.05, 0) is 58.2 Å². The first-order valence-corrected chi connectivity index (χ1v) is 10.5. The number of fused-ring (bicyclic) bond motifs is 1. The van der Waals surface area contributed by atoms with Gasteiger partial charge in [0.1, 0.15) is 17.2 Å². The fourth-order valence-electron chi connectivity index (χ4n) is 3.59. The summed E-state index contributed by atoms with van der Waals surface area (Å²) in [5.74, 6) is 1.04. The molecule has 8 heteroatoms. The van der Waals surface area contributed by atoms with E-state index in [4.69, 9.17) is 9.47 Å². The van der Waals surface area contributed by atoms with Crippen LogP contribution in [0.2, 0.25) is 0 Å². The van der Waals surface area contributed by atoms with E-state index in [1.807, 2.05) is 53.7 Å². The second-order valence-electron chi connectivity index (χ2n) is 9.04. The van der Waals surface area contributed by atoms with Crippen LogP contribution in [0.25, 0.3) is 0 Å². The molecule has 168 valence electrons. The number of benzene rings is 1. The monoisotopic (exact) mass is 428 g/mol. The Morgan fingerprint density at radius 3 is 2.52 bits per heavy atom. The number of amides is 2. The van der Waals surface area contributed by atoms with Gasteiger partial charge in [-0.15, -0.1) is 0 Å². The lowest BCUT2D eigenvalue weighted by molar-refractivity contribution is -0.118. The Balaban J connectivity index is 1.70. The van der Waals surface area contributed by atoms with Crippen LogP contribution in [0.4, 0.5) is 10.6 Å². The molecule has 1 aliphatic heterocycles. The molecule has 8 nitrogen and oxygen atoms in total. The molecule has 2 amide bonds. The number of hydrogen-bond donors (Lipinski definition) is 1. The first-order chi connectivity index (χ1) is 14.5. The molecular weight excluding hydrogens is 396 g/mol. The largest absolute Gasteiger partial charge is 0.483 e. The second-order valence-corrected chi connectivity index (χ2v) is 9.04. The molecule has 0 saturated carbocycles. The minimum atomic E-state index is -0.563. The standard InChI is InChI=1S/C23H32N4O4/c1-14-8-9-15(2)20(16(14)3)30-13-19(28)24-21-17-12-27(22(29)31-23(4,5)6)11-10-18(17)25-26(21)7/h8-9H,10-13H2,1-7H3,(H,24,28). The summed E-state index contributed by atoms with van der Waals surface area (Å²) in [6.07, 6.45) is 0.240. The molecule has 0 bridgehead atoms. The average Bonchev–Trinajstić information content (AvgIpc) is 2.98. The Hall–Kier alpha value is -3.03. The van der Waals surface area contributed by atoms with Crippen molar-refractivity contribution >= 4 is 17.8 Å². The molecule has 0 saturated heterocycles. The highest BCUT2D eigenvalue weighted by molar-refractivity contribution is 5.92. The van der Waals surface area contributed by atoms with Gasteiger partial charge < -0.3 is 19.7 Å². The van der Waals surface area contributed by atoms with Gasteiger partial charge in [0, 0.05) is 25.6 Å². The van der Waals surface area contributed by atoms with Crippen molar-refractivity contribution in [1.82, 2.24) is 14.7 Å². The van der Waals surface area contributed by atoms with Gasteiger partial charge >= 0.3 is 6.09 Å². The topological polar surface area (TPSA) is 85.7 Å². The lowest BCUT2D eigenvalue weighted by Gasteiger charge is -2.29. The molecule has 2 heterocycles. The molecule has 0 aliphatic carbocycles. The van der Waals surface area contributed by atoms with Gasteiger partial charge in [-0.25, -0.2) is 4.79 Å². The molecule has 1 N–H and O–H groups in total. The van der Waals surface area contributed by atoms with Gasteiger partial charge in [0.25, 0.3) is 5.91 Å². The van der Waals surface area contributed by atoms with Crippen LogP contribution in [0.15, 0.2) is 12.1 Å². The summed E-state index contributed by atoms with van der Waals surface area (Å²) in [6.45, 7) is 12.2. The van der Waals surface area contributed by atoms with Crippen molar-refractivity contribution in [2.75, 3.05) is 18.5 Å². The third-order valence-corrected chi connectivity index (χ3v) is 5.33. The molecular formula is C23H32N4O4. The van der Waals surface area contributed by atoms with E-state index in [2.05, 4.69) is 10.4 Å². The molecule has 0 unspecified atom stereocenters. The highest BCUT2D eigenvalue weighted by Gasteiger charge is 2.30. The van der Waals surface area contributed by atoms with Gasteiger partial charge in [-0.3, -0.25) is 9.48 Å². The number of aryl methyl sites for hydroxylation is 3. The van der Waals surface area contributed by atoms with E-state index in [9.17, 15) is 9.59 Å². The van der Waals surface area contributed by atoms with Crippen LogP contribution in [-0.2, 0) is 29.5 Å². The Morgan fingerprint density at radius 1 is 1.16 bits per heavy atom. The molecule has 1 aromatic carbocycles. The average molecular weight is 429 g/mol. The molecule has 1 aromatic heterocycles. The summed E-state index contributed by atoms with van der Waals surface area (Å²) in [5, 5.41) is 7.42. The van der Waals surface area contributed by atoms with E-state index < -0.39 is 5.60 Å². The normalized spacial score (nSPS) is 13.6. The number of aromatic nitrogens is 2. The van der Waals surface area contributed by atoms with Crippen molar-refractivity contribution in [2.24, 2.45) is 7.05 Å². The zero-order chi connectivity index (χ0) is 22.9. The number of carbonyl (C=O) groups excluding carboxylic acids is 2. The fourth-order valence-corrected chi connectivity index (χ4v) is 3.59. The fraction of sp³-hybridized carbons (Fsp3) is 0.522. The quantitative estimate of drug-likeness (QED) is 0.803. The summed E-state index contributed by atoms with van der Waals surface area (Å²) in [5.41, 5.74) is 4.27. The summed E-state index contributed by atoms with van der Waals surface area (Å²) in [7, 11) is 1.78. The number of nitrogens with one attached hydrogen (secondary N) is 1. The SMILES string of the molecule is Cc1ccc(C)c(OCC(=O)Nc2c3c(nn2C)CCN(C(=O)OC(C)(C)C)C3)c1C. The lowest BCUT2D eigenvalue weighted by atomic mass is 10.1. The smallest absolute Gasteiger partial charge is 0.410 e. The molecule has 0 fully saturated rings. The van der Waals surface area contributed by atoms with Crippen LogP contribution in [0.1, 0.15) is 48.7 Å². The van der Waals surface area contributed by atoms with Crippen LogP contribution in [0.5, 0.6) is 5.75 Å². The zero-order valence-corrected chi connectivity index (χ0v) is 19.5. The van der Waals surface area contributed by atoms with Crippen LogP contribution in [0.3, 0.4) is 0 Å². The molecule has 31 heavy (non-hydrogen) atoms. The minimum Gasteiger partial charge on any atom is -0.483 e. The molecule has 0 radical (unpaired) electrons. The van der Waals surface area contributed by atoms with E-state index >= 15 is 0 Å². The molecule has 2 aromatic rings. The van der Waals surface area contributed by atoms with Crippen LogP contribution in [0, 0.1) is 20.8 Å². The predicted octanol–water partition coefficient (Wildman–Crippen LogP) is 3.66. The summed E-state index contributed by atoms with van der Waals surface area (Å²) >= 11 is 0. The number of carbonyl (C=O) groups is 2. The van der Waals surface area contributed by atoms with E-state index in [1.54, 1.807) is 16.6 Å². The van der Waals surface area contributed by atoms with E-state index in [0.29, 0.717) is 25.3 Å². The molecule has 3 rings (SSSR count). The Labute approximate surface area is 183 Å². The molecule has 0 atom stereocenters. The number of nitrogens with zero attached hydrogens (tertiary/aromatic N) is 3. The Bertz CT molecular complexity index is 1000. The number of anilines is 1. The van der Waals surface area contributed by atoms with Crippen molar-refractivity contribution in [3.05, 3.63) is 40.1 Å². The minimum absolute atomic E-state index is 0.110. The maximum absolute atomic E-state index is 12.6. The van der Waals surface area contributed by atoms with Gasteiger partial charge in [0.15, 0.2) is 6.61 Å². The van der Waals surface area contributed by atoms with Crippen molar-refractivity contribution in [3.8, 4) is 5.75 Å². The highest BCUT2D eigenvalue weighted by Crippen LogP contribution is 2.28. The van der Waals surface area contributed by atoms with Gasteiger partial charge in [0.2, 0.25) is 0 Å². The van der Waals surface area contributed by atoms with Crippen molar-refractivity contribution in [3.63, 3.8) is 0 Å². The van der Waals surface area contributed by atoms with Gasteiger partial charge in [-0.1, -0.05) is 12.1 Å². The first-order valence-electron chi connectivity index (χ1n) is 10.5. The first kappa shape index (κ1) is 22.7. The van der Waals surface area contributed by atoms with Crippen LogP contribution >= 0.6 is 0 Å².